The van der Waals surface area contributed by atoms with Crippen molar-refractivity contribution in [2.24, 2.45) is 5.10 Å². The first-order valence-corrected chi connectivity index (χ1v) is 13.4. The number of benzene rings is 4. The van der Waals surface area contributed by atoms with Crippen LogP contribution in [0.15, 0.2) is 96.1 Å². The molecule has 0 spiro atoms. The number of ether oxygens (including phenoxy) is 3. The van der Waals surface area contributed by atoms with Gasteiger partial charge >= 0.3 is 0 Å². The number of amides is 2. The maximum Gasteiger partial charge on any atom is 0.271 e. The zero-order valence-electron chi connectivity index (χ0n) is 22.7. The van der Waals surface area contributed by atoms with Gasteiger partial charge in [-0.05, 0) is 67.4 Å². The Balaban J connectivity index is 1.38. The van der Waals surface area contributed by atoms with Gasteiger partial charge in [-0.1, -0.05) is 60.1 Å². The summed E-state index contributed by atoms with van der Waals surface area (Å²) in [5, 5.41) is 7.33. The maximum absolute atomic E-state index is 12.8. The van der Waals surface area contributed by atoms with Crippen molar-refractivity contribution in [3.05, 3.63) is 118 Å². The molecule has 0 aromatic heterocycles. The molecule has 0 aliphatic heterocycles. The molecule has 4 aromatic carbocycles. The molecule has 41 heavy (non-hydrogen) atoms. The topological polar surface area (TPSA) is 98.3 Å². The van der Waals surface area contributed by atoms with Crippen molar-refractivity contribution in [1.82, 2.24) is 5.43 Å². The number of aryl methyl sites for hydroxylation is 1. The summed E-state index contributed by atoms with van der Waals surface area (Å²) in [6.07, 6.45) is 1.40. The number of para-hydroxylation sites is 1. The Morgan fingerprint density at radius 2 is 1.61 bits per heavy atom. The minimum Gasteiger partial charge on any atom is -0.490 e. The molecule has 0 radical (unpaired) electrons. The Morgan fingerprint density at radius 3 is 2.39 bits per heavy atom. The average molecular weight is 572 g/mol. The maximum atomic E-state index is 12.8. The summed E-state index contributed by atoms with van der Waals surface area (Å²) >= 11 is 6.16. The predicted octanol–water partition coefficient (Wildman–Crippen LogP) is 6.41. The van der Waals surface area contributed by atoms with Gasteiger partial charge < -0.3 is 19.5 Å². The predicted molar refractivity (Wildman–Crippen MR) is 160 cm³/mol. The van der Waals surface area contributed by atoms with Crippen LogP contribution in [-0.2, 0) is 11.4 Å². The second kappa shape index (κ2) is 14.5. The smallest absolute Gasteiger partial charge is 0.271 e. The quantitative estimate of drug-likeness (QED) is 0.151. The number of rotatable bonds is 12. The van der Waals surface area contributed by atoms with E-state index in [1.165, 1.54) is 6.21 Å². The molecule has 0 saturated heterocycles. The molecule has 9 heteroatoms. The lowest BCUT2D eigenvalue weighted by Crippen LogP contribution is -2.21. The first-order chi connectivity index (χ1) is 19.9. The summed E-state index contributed by atoms with van der Waals surface area (Å²) < 4.78 is 17.3. The monoisotopic (exact) mass is 571 g/mol. The van der Waals surface area contributed by atoms with Gasteiger partial charge in [0, 0.05) is 21.8 Å². The Hall–Kier alpha value is -4.82. The van der Waals surface area contributed by atoms with Crippen molar-refractivity contribution in [2.75, 3.05) is 18.5 Å². The molecule has 0 atom stereocenters. The van der Waals surface area contributed by atoms with Crippen LogP contribution in [-0.4, -0.2) is 31.2 Å². The third-order valence-electron chi connectivity index (χ3n) is 5.86. The fourth-order valence-electron chi connectivity index (χ4n) is 3.79. The number of carbonyl (C=O) groups is 2. The summed E-state index contributed by atoms with van der Waals surface area (Å²) in [6.45, 7) is 4.32. The Labute approximate surface area is 243 Å². The average Bonchev–Trinajstić information content (AvgIpc) is 2.98. The number of nitrogens with one attached hydrogen (secondary N) is 2. The summed E-state index contributed by atoms with van der Waals surface area (Å²) in [5.74, 6) is 0.606. The van der Waals surface area contributed by atoms with Gasteiger partial charge in [-0.25, -0.2) is 5.43 Å². The highest BCUT2D eigenvalue weighted by Gasteiger charge is 2.13. The van der Waals surface area contributed by atoms with E-state index in [9.17, 15) is 9.59 Å². The summed E-state index contributed by atoms with van der Waals surface area (Å²) in [7, 11) is 0. The second-order valence-electron chi connectivity index (χ2n) is 8.90. The van der Waals surface area contributed by atoms with Crippen molar-refractivity contribution >= 4 is 35.3 Å². The van der Waals surface area contributed by atoms with E-state index in [0.717, 1.165) is 11.1 Å². The van der Waals surface area contributed by atoms with E-state index in [0.29, 0.717) is 52.3 Å². The van der Waals surface area contributed by atoms with E-state index >= 15 is 0 Å². The molecule has 8 nitrogen and oxygen atoms in total. The van der Waals surface area contributed by atoms with Gasteiger partial charge in [-0.15, -0.1) is 0 Å². The van der Waals surface area contributed by atoms with Crippen LogP contribution in [0.3, 0.4) is 0 Å². The van der Waals surface area contributed by atoms with Gasteiger partial charge in [0.1, 0.15) is 12.4 Å². The van der Waals surface area contributed by atoms with Gasteiger partial charge in [0.2, 0.25) is 0 Å². The Bertz CT molecular complexity index is 1530. The lowest BCUT2D eigenvalue weighted by atomic mass is 10.2. The second-order valence-corrected chi connectivity index (χ2v) is 9.34. The van der Waals surface area contributed by atoms with E-state index in [-0.39, 0.29) is 12.5 Å². The largest absolute Gasteiger partial charge is 0.490 e. The van der Waals surface area contributed by atoms with Gasteiger partial charge in [-0.2, -0.15) is 5.10 Å². The fraction of sp³-hybridized carbons (Fsp3) is 0.156. The van der Waals surface area contributed by atoms with Crippen LogP contribution in [0.1, 0.15) is 34.0 Å². The molecule has 2 N–H and O–H groups in total. The first kappa shape index (κ1) is 29.2. The lowest BCUT2D eigenvalue weighted by molar-refractivity contribution is -0.118. The summed E-state index contributed by atoms with van der Waals surface area (Å²) in [5.41, 5.74) is 6.00. The van der Waals surface area contributed by atoms with Gasteiger partial charge in [0.25, 0.3) is 11.8 Å². The van der Waals surface area contributed by atoms with Gasteiger partial charge in [-0.3, -0.25) is 9.59 Å². The first-order valence-electron chi connectivity index (χ1n) is 13.0. The number of anilines is 1. The normalized spacial score (nSPS) is 10.7. The molecule has 0 fully saturated rings. The SMILES string of the molecule is CCOc1cc(C(=O)N/N=C/c2cc(Cl)ccc2OCC(=O)Nc2ccccc2C)ccc1OCc1ccccc1. The lowest BCUT2D eigenvalue weighted by Gasteiger charge is -2.13. The van der Waals surface area contributed by atoms with Crippen molar-refractivity contribution < 1.29 is 23.8 Å². The van der Waals surface area contributed by atoms with E-state index in [1.54, 1.807) is 36.4 Å². The van der Waals surface area contributed by atoms with E-state index < -0.39 is 5.91 Å². The number of hydrazone groups is 1. The fourth-order valence-corrected chi connectivity index (χ4v) is 3.97. The molecule has 4 aromatic rings. The van der Waals surface area contributed by atoms with E-state index in [1.807, 2.05) is 68.4 Å². The molecule has 0 aliphatic rings. The zero-order chi connectivity index (χ0) is 29.0. The van der Waals surface area contributed by atoms with E-state index in [2.05, 4.69) is 15.8 Å². The molecule has 2 amide bonds. The molecule has 0 unspecified atom stereocenters. The highest BCUT2D eigenvalue weighted by atomic mass is 35.5. The Kier molecular flexibility index (Phi) is 10.3. The molecule has 0 bridgehead atoms. The highest BCUT2D eigenvalue weighted by molar-refractivity contribution is 6.30. The van der Waals surface area contributed by atoms with Crippen LogP contribution in [0.2, 0.25) is 5.02 Å². The van der Waals surface area contributed by atoms with Crippen molar-refractivity contribution in [3.8, 4) is 17.2 Å². The van der Waals surface area contributed by atoms with Gasteiger partial charge in [0.15, 0.2) is 18.1 Å². The van der Waals surface area contributed by atoms with Crippen LogP contribution in [0.5, 0.6) is 17.2 Å². The molecular formula is C32H30ClN3O5. The van der Waals surface area contributed by atoms with Crippen LogP contribution in [0.25, 0.3) is 0 Å². The number of hydrogen-bond acceptors (Lipinski definition) is 6. The Morgan fingerprint density at radius 1 is 0.854 bits per heavy atom. The van der Waals surface area contributed by atoms with Crippen molar-refractivity contribution in [3.63, 3.8) is 0 Å². The zero-order valence-corrected chi connectivity index (χ0v) is 23.5. The summed E-state index contributed by atoms with van der Waals surface area (Å²) in [4.78, 5) is 25.2. The molecule has 0 aliphatic carbocycles. The minimum absolute atomic E-state index is 0.220. The van der Waals surface area contributed by atoms with Crippen LogP contribution >= 0.6 is 11.6 Å². The third kappa shape index (κ3) is 8.58. The number of carbonyl (C=O) groups excluding carboxylic acids is 2. The van der Waals surface area contributed by atoms with Crippen LogP contribution < -0.4 is 25.0 Å². The summed E-state index contributed by atoms with van der Waals surface area (Å²) in [6, 6.07) is 27.1. The number of hydrogen-bond donors (Lipinski definition) is 2. The molecule has 0 heterocycles. The molecule has 4 rings (SSSR count). The van der Waals surface area contributed by atoms with E-state index in [4.69, 9.17) is 25.8 Å². The van der Waals surface area contributed by atoms with Crippen molar-refractivity contribution in [2.45, 2.75) is 20.5 Å². The molecule has 0 saturated carbocycles. The highest BCUT2D eigenvalue weighted by Crippen LogP contribution is 2.29. The number of nitrogens with zero attached hydrogens (tertiary/aromatic N) is 1. The molecule has 210 valence electrons. The van der Waals surface area contributed by atoms with Crippen LogP contribution in [0, 0.1) is 6.92 Å². The van der Waals surface area contributed by atoms with Gasteiger partial charge in [0.05, 0.1) is 12.8 Å². The standard InChI is InChI=1S/C32H30ClN3O5/c1-3-39-30-18-24(13-15-29(30)40-20-23-10-5-4-6-11-23)32(38)36-34-19-25-17-26(33)14-16-28(25)41-21-31(37)35-27-12-8-7-9-22(27)2/h4-19H,3,20-21H2,1-2H3,(H,35,37)(H,36,38)/b34-19+. The third-order valence-corrected chi connectivity index (χ3v) is 6.10. The molecular weight excluding hydrogens is 542 g/mol. The van der Waals surface area contributed by atoms with Crippen molar-refractivity contribution in [1.29, 1.82) is 0 Å². The minimum atomic E-state index is -0.445. The van der Waals surface area contributed by atoms with Crippen LogP contribution in [0.4, 0.5) is 5.69 Å². The number of halogens is 1.